The van der Waals surface area contributed by atoms with Crippen LogP contribution in [0.4, 0.5) is 18.0 Å². The Morgan fingerprint density at radius 2 is 1.89 bits per heavy atom. The number of urea groups is 1. The lowest BCUT2D eigenvalue weighted by Gasteiger charge is -2.23. The van der Waals surface area contributed by atoms with Gasteiger partial charge in [0, 0.05) is 6.04 Å². The van der Waals surface area contributed by atoms with Crippen LogP contribution in [-0.2, 0) is 21.3 Å². The first-order valence-electron chi connectivity index (χ1n) is 8.47. The third-order valence-corrected chi connectivity index (χ3v) is 4.73. The summed E-state index contributed by atoms with van der Waals surface area (Å²) >= 11 is 0. The first-order chi connectivity index (χ1) is 12.4. The highest BCUT2D eigenvalue weighted by atomic mass is 19.4. The highest BCUT2D eigenvalue weighted by molar-refractivity contribution is 6.09. The zero-order valence-corrected chi connectivity index (χ0v) is 15.5. The Morgan fingerprint density at radius 1 is 1.26 bits per heavy atom. The van der Waals surface area contributed by atoms with Crippen LogP contribution in [0.15, 0.2) is 24.3 Å². The van der Waals surface area contributed by atoms with E-state index in [2.05, 4.69) is 10.6 Å². The molecular formula is C18H22F3N3O3. The Morgan fingerprint density at radius 3 is 2.44 bits per heavy atom. The van der Waals surface area contributed by atoms with Gasteiger partial charge in [-0.25, -0.2) is 4.79 Å². The van der Waals surface area contributed by atoms with E-state index in [1.165, 1.54) is 19.1 Å². The van der Waals surface area contributed by atoms with E-state index in [9.17, 15) is 27.6 Å². The van der Waals surface area contributed by atoms with Gasteiger partial charge in [-0.05, 0) is 37.5 Å². The first-order valence-corrected chi connectivity index (χ1v) is 8.47. The van der Waals surface area contributed by atoms with Crippen molar-refractivity contribution in [1.29, 1.82) is 0 Å². The molecule has 0 spiro atoms. The molecule has 0 bridgehead atoms. The fraction of sp³-hybridized carbons (Fsp3) is 0.500. The van der Waals surface area contributed by atoms with Gasteiger partial charge >= 0.3 is 12.2 Å². The minimum Gasteiger partial charge on any atom is -0.352 e. The largest absolute Gasteiger partial charge is 0.416 e. The molecule has 2 N–H and O–H groups in total. The number of nitrogens with zero attached hydrogens (tertiary/aromatic N) is 1. The molecule has 1 fully saturated rings. The van der Waals surface area contributed by atoms with Gasteiger partial charge in [-0.1, -0.05) is 26.0 Å². The van der Waals surface area contributed by atoms with Gasteiger partial charge in [-0.3, -0.25) is 14.5 Å². The summed E-state index contributed by atoms with van der Waals surface area (Å²) in [6, 6.07) is 3.22. The van der Waals surface area contributed by atoms with E-state index in [1.54, 1.807) is 6.92 Å². The number of carbonyl (C=O) groups is 3. The molecule has 1 aliphatic rings. The topological polar surface area (TPSA) is 78.5 Å². The van der Waals surface area contributed by atoms with Gasteiger partial charge in [-0.15, -0.1) is 0 Å². The molecular weight excluding hydrogens is 363 g/mol. The quantitative estimate of drug-likeness (QED) is 0.765. The Balaban J connectivity index is 2.23. The molecule has 1 aromatic rings. The maximum atomic E-state index is 13.0. The summed E-state index contributed by atoms with van der Waals surface area (Å²) < 4.78 is 38.9. The van der Waals surface area contributed by atoms with E-state index in [4.69, 9.17) is 0 Å². The molecule has 4 amide bonds. The van der Waals surface area contributed by atoms with Crippen LogP contribution in [0.3, 0.4) is 0 Å². The Hall–Kier alpha value is -2.58. The molecule has 0 aromatic heterocycles. The number of rotatable bonds is 5. The molecule has 9 heteroatoms. The average molecular weight is 385 g/mol. The number of hydrogen-bond acceptors (Lipinski definition) is 3. The second-order valence-electron chi connectivity index (χ2n) is 7.13. The number of carbonyl (C=O) groups excluding carboxylic acids is 3. The van der Waals surface area contributed by atoms with E-state index >= 15 is 0 Å². The Kier molecular flexibility index (Phi) is 5.53. The zero-order chi connectivity index (χ0) is 20.6. The lowest BCUT2D eigenvalue weighted by molar-refractivity contribution is -0.138. The van der Waals surface area contributed by atoms with E-state index in [1.807, 2.05) is 13.8 Å². The molecule has 1 saturated heterocycles. The van der Waals surface area contributed by atoms with Gasteiger partial charge in [0.15, 0.2) is 0 Å². The van der Waals surface area contributed by atoms with E-state index in [-0.39, 0.29) is 17.5 Å². The van der Waals surface area contributed by atoms with Crippen molar-refractivity contribution in [2.24, 2.45) is 5.92 Å². The lowest BCUT2D eigenvalue weighted by Crippen LogP contribution is -2.46. The third-order valence-electron chi connectivity index (χ3n) is 4.73. The fourth-order valence-corrected chi connectivity index (χ4v) is 2.65. The SMILES string of the molecule is CC(C)C(C)NC(=O)CN1C(=O)NC(C)(c2cccc(C(F)(F)F)c2)C1=O. The molecule has 0 radical (unpaired) electrons. The number of hydrogen-bond donors (Lipinski definition) is 2. The fourth-order valence-electron chi connectivity index (χ4n) is 2.65. The van der Waals surface area contributed by atoms with Crippen molar-refractivity contribution in [3.05, 3.63) is 35.4 Å². The van der Waals surface area contributed by atoms with E-state index in [0.717, 1.165) is 12.1 Å². The van der Waals surface area contributed by atoms with Gasteiger partial charge in [-0.2, -0.15) is 13.2 Å². The van der Waals surface area contributed by atoms with Crippen molar-refractivity contribution in [3.63, 3.8) is 0 Å². The molecule has 0 aliphatic carbocycles. The van der Waals surface area contributed by atoms with Crippen molar-refractivity contribution >= 4 is 17.8 Å². The van der Waals surface area contributed by atoms with Crippen LogP contribution in [0.1, 0.15) is 38.8 Å². The molecule has 27 heavy (non-hydrogen) atoms. The minimum absolute atomic E-state index is 0.00543. The van der Waals surface area contributed by atoms with Gasteiger partial charge in [0.1, 0.15) is 12.1 Å². The predicted molar refractivity (Wildman–Crippen MR) is 91.5 cm³/mol. The standard InChI is InChI=1S/C18H22F3N3O3/c1-10(2)11(3)22-14(25)9-24-15(26)17(4,23-16(24)27)12-6-5-7-13(8-12)18(19,20)21/h5-8,10-11H,9H2,1-4H3,(H,22,25)(H,23,27). The summed E-state index contributed by atoms with van der Waals surface area (Å²) in [6.45, 7) is 6.42. The van der Waals surface area contributed by atoms with E-state index < -0.39 is 41.7 Å². The number of alkyl halides is 3. The molecule has 1 heterocycles. The van der Waals surface area contributed by atoms with E-state index in [0.29, 0.717) is 4.90 Å². The minimum atomic E-state index is -4.58. The van der Waals surface area contributed by atoms with Crippen LogP contribution in [0.2, 0.25) is 0 Å². The number of nitrogens with one attached hydrogen (secondary N) is 2. The van der Waals surface area contributed by atoms with Crippen molar-refractivity contribution in [2.75, 3.05) is 6.54 Å². The zero-order valence-electron chi connectivity index (χ0n) is 15.5. The van der Waals surface area contributed by atoms with Crippen molar-refractivity contribution < 1.29 is 27.6 Å². The molecule has 1 aliphatic heterocycles. The number of benzene rings is 1. The molecule has 2 rings (SSSR count). The maximum Gasteiger partial charge on any atom is 0.416 e. The van der Waals surface area contributed by atoms with Crippen LogP contribution in [-0.4, -0.2) is 35.3 Å². The summed E-state index contributed by atoms with van der Waals surface area (Å²) in [7, 11) is 0. The molecule has 6 nitrogen and oxygen atoms in total. The van der Waals surface area contributed by atoms with Gasteiger partial charge in [0.2, 0.25) is 5.91 Å². The van der Waals surface area contributed by atoms with Gasteiger partial charge in [0.25, 0.3) is 5.91 Å². The molecule has 2 unspecified atom stereocenters. The first kappa shape index (κ1) is 20.7. The third kappa shape index (κ3) is 4.23. The summed E-state index contributed by atoms with van der Waals surface area (Å²) in [5.41, 5.74) is -2.61. The monoisotopic (exact) mass is 385 g/mol. The highest BCUT2D eigenvalue weighted by Crippen LogP contribution is 2.34. The van der Waals surface area contributed by atoms with Crippen molar-refractivity contribution in [3.8, 4) is 0 Å². The molecule has 0 saturated carbocycles. The average Bonchev–Trinajstić information content (AvgIpc) is 2.78. The van der Waals surface area contributed by atoms with Crippen molar-refractivity contribution in [2.45, 2.75) is 45.5 Å². The predicted octanol–water partition coefficient (Wildman–Crippen LogP) is 2.63. The summed E-state index contributed by atoms with van der Waals surface area (Å²) in [5.74, 6) is -1.14. The Bertz CT molecular complexity index is 764. The lowest BCUT2D eigenvalue weighted by atomic mass is 9.90. The maximum absolute atomic E-state index is 13.0. The normalized spacial score (nSPS) is 21.4. The molecule has 1 aromatic carbocycles. The number of halogens is 3. The summed E-state index contributed by atoms with van der Waals surface area (Å²) in [6.07, 6.45) is -4.58. The second-order valence-corrected chi connectivity index (χ2v) is 7.13. The van der Waals surface area contributed by atoms with Crippen LogP contribution in [0.25, 0.3) is 0 Å². The van der Waals surface area contributed by atoms with Gasteiger partial charge in [0.05, 0.1) is 5.56 Å². The van der Waals surface area contributed by atoms with Crippen molar-refractivity contribution in [1.82, 2.24) is 15.5 Å². The summed E-state index contributed by atoms with van der Waals surface area (Å²) in [4.78, 5) is 37.8. The summed E-state index contributed by atoms with van der Waals surface area (Å²) in [5, 5.41) is 5.08. The Labute approximate surface area is 155 Å². The number of imide groups is 1. The van der Waals surface area contributed by atoms with Crippen LogP contribution in [0, 0.1) is 5.92 Å². The molecule has 2 atom stereocenters. The van der Waals surface area contributed by atoms with Crippen LogP contribution in [0.5, 0.6) is 0 Å². The number of amides is 4. The van der Waals surface area contributed by atoms with Crippen LogP contribution < -0.4 is 10.6 Å². The van der Waals surface area contributed by atoms with Gasteiger partial charge < -0.3 is 10.6 Å². The smallest absolute Gasteiger partial charge is 0.352 e. The highest BCUT2D eigenvalue weighted by Gasteiger charge is 2.50. The second kappa shape index (κ2) is 7.21. The molecule has 148 valence electrons. The van der Waals surface area contributed by atoms with Crippen LogP contribution >= 0.6 is 0 Å².